The van der Waals surface area contributed by atoms with Crippen LogP contribution in [-0.4, -0.2) is 40.6 Å². The van der Waals surface area contributed by atoms with Gasteiger partial charge >= 0.3 is 0 Å². The van der Waals surface area contributed by atoms with Gasteiger partial charge in [0.05, 0.1) is 32.5 Å². The molecule has 1 unspecified atom stereocenters. The van der Waals surface area contributed by atoms with Gasteiger partial charge in [-0.05, 0) is 43.7 Å². The van der Waals surface area contributed by atoms with E-state index in [4.69, 9.17) is 16.7 Å². The molecule has 0 amide bonds. The maximum atomic E-state index is 9.57. The number of imidazole rings is 1. The summed E-state index contributed by atoms with van der Waals surface area (Å²) in [6.07, 6.45) is 1.80. The lowest BCUT2D eigenvalue weighted by molar-refractivity contribution is -0.645. The minimum Gasteiger partial charge on any atom is -0.394 e. The number of anilines is 1. The fourth-order valence-corrected chi connectivity index (χ4v) is 3.57. The van der Waals surface area contributed by atoms with E-state index in [0.717, 1.165) is 29.0 Å². The Balaban J connectivity index is 1.79. The van der Waals surface area contributed by atoms with Crippen molar-refractivity contribution in [3.8, 4) is 0 Å². The number of hydrogen-bond acceptors (Lipinski definition) is 5. The van der Waals surface area contributed by atoms with E-state index in [-0.39, 0.29) is 6.61 Å². The zero-order valence-corrected chi connectivity index (χ0v) is 17.7. The van der Waals surface area contributed by atoms with Crippen LogP contribution in [0.15, 0.2) is 53.0 Å². The van der Waals surface area contributed by atoms with Gasteiger partial charge in [-0.2, -0.15) is 5.11 Å². The molecule has 0 radical (unpaired) electrons. The molecular weight excluding hydrogens is 390 g/mol. The Bertz CT molecular complexity index is 1000. The third-order valence-corrected chi connectivity index (χ3v) is 5.14. The van der Waals surface area contributed by atoms with Crippen LogP contribution in [0.2, 0.25) is 5.02 Å². The Hall–Kier alpha value is -2.48. The molecule has 2 N–H and O–H groups in total. The first kappa shape index (κ1) is 21.2. The Morgan fingerprint density at radius 2 is 1.93 bits per heavy atom. The number of hydrogen-bond donors (Lipinski definition) is 2. The predicted octanol–water partition coefficient (Wildman–Crippen LogP) is 3.64. The van der Waals surface area contributed by atoms with Crippen LogP contribution in [0.5, 0.6) is 0 Å². The van der Waals surface area contributed by atoms with Crippen LogP contribution in [0, 0.1) is 0 Å². The molecule has 0 aliphatic rings. The quantitative estimate of drug-likeness (QED) is 0.434. The molecule has 7 nitrogen and oxygen atoms in total. The summed E-state index contributed by atoms with van der Waals surface area (Å²) in [4.78, 5) is 2.14. The number of rotatable bonds is 8. The molecule has 0 aliphatic heterocycles. The molecule has 154 valence electrons. The highest BCUT2D eigenvalue weighted by molar-refractivity contribution is 6.31. The van der Waals surface area contributed by atoms with Gasteiger partial charge in [-0.3, -0.25) is 0 Å². The predicted molar refractivity (Wildman–Crippen MR) is 115 cm³/mol. The van der Waals surface area contributed by atoms with Gasteiger partial charge < -0.3 is 15.1 Å². The SMILES string of the molecule is CCN(CCC(O)CO)c1ccc(N=Nc2cc(Cl)cc3c2[n+](C)cn3C)cc1. The molecule has 0 spiro atoms. The number of aliphatic hydroxyl groups is 2. The fraction of sp³-hybridized carbons (Fsp3) is 0.381. The third kappa shape index (κ3) is 4.93. The molecule has 29 heavy (non-hydrogen) atoms. The summed E-state index contributed by atoms with van der Waals surface area (Å²) in [5, 5.41) is 28.0. The number of aryl methyl sites for hydroxylation is 2. The lowest BCUT2D eigenvalue weighted by Gasteiger charge is -2.24. The van der Waals surface area contributed by atoms with E-state index in [0.29, 0.717) is 23.7 Å². The summed E-state index contributed by atoms with van der Waals surface area (Å²) >= 11 is 6.26. The molecular formula is C21H27ClN5O2+. The van der Waals surface area contributed by atoms with Crippen molar-refractivity contribution in [1.82, 2.24) is 4.57 Å². The highest BCUT2D eigenvalue weighted by Crippen LogP contribution is 2.30. The van der Waals surface area contributed by atoms with Crippen LogP contribution in [0.4, 0.5) is 17.1 Å². The van der Waals surface area contributed by atoms with Crippen LogP contribution in [0.25, 0.3) is 11.0 Å². The molecule has 1 atom stereocenters. The molecule has 2 aromatic carbocycles. The minimum atomic E-state index is -0.689. The second-order valence-electron chi connectivity index (χ2n) is 7.05. The molecule has 0 saturated heterocycles. The molecule has 0 bridgehead atoms. The largest absolute Gasteiger partial charge is 0.394 e. The first-order valence-corrected chi connectivity index (χ1v) is 10.0. The molecule has 1 aromatic heterocycles. The van der Waals surface area contributed by atoms with Crippen LogP contribution in [-0.2, 0) is 14.1 Å². The molecule has 3 rings (SSSR count). The van der Waals surface area contributed by atoms with Gasteiger partial charge in [0.15, 0.2) is 5.52 Å². The van der Waals surface area contributed by atoms with E-state index in [1.54, 1.807) is 0 Å². The normalized spacial score (nSPS) is 12.8. The summed E-state index contributed by atoms with van der Waals surface area (Å²) in [6.45, 7) is 3.32. The van der Waals surface area contributed by atoms with Gasteiger partial charge in [0.1, 0.15) is 5.69 Å². The Labute approximate surface area is 175 Å². The number of halogens is 1. The lowest BCUT2D eigenvalue weighted by Crippen LogP contribution is -2.28. The zero-order chi connectivity index (χ0) is 21.0. The first-order chi connectivity index (χ1) is 13.9. The monoisotopic (exact) mass is 416 g/mol. The second kappa shape index (κ2) is 9.35. The number of aromatic nitrogens is 2. The highest BCUT2D eigenvalue weighted by atomic mass is 35.5. The van der Waals surface area contributed by atoms with Gasteiger partial charge in [-0.25, -0.2) is 9.13 Å². The summed E-state index contributed by atoms with van der Waals surface area (Å²) in [5.74, 6) is 0. The van der Waals surface area contributed by atoms with E-state index >= 15 is 0 Å². The molecule has 0 aliphatic carbocycles. The van der Waals surface area contributed by atoms with Gasteiger partial charge in [0.2, 0.25) is 11.8 Å². The molecule has 0 fully saturated rings. The number of fused-ring (bicyclic) bond motifs is 1. The minimum absolute atomic E-state index is 0.215. The summed E-state index contributed by atoms with van der Waals surface area (Å²) in [6, 6.07) is 11.5. The smallest absolute Gasteiger partial charge is 0.244 e. The van der Waals surface area contributed by atoms with Crippen molar-refractivity contribution in [1.29, 1.82) is 0 Å². The van der Waals surface area contributed by atoms with Crippen LogP contribution in [0.1, 0.15) is 13.3 Å². The molecule has 3 aromatic rings. The Morgan fingerprint density at radius 1 is 1.21 bits per heavy atom. The van der Waals surface area contributed by atoms with Crippen molar-refractivity contribution >= 4 is 39.7 Å². The van der Waals surface area contributed by atoms with Gasteiger partial charge in [0, 0.05) is 29.9 Å². The maximum absolute atomic E-state index is 9.57. The average Bonchev–Trinajstić information content (AvgIpc) is 3.00. The summed E-state index contributed by atoms with van der Waals surface area (Å²) < 4.78 is 4.01. The van der Waals surface area contributed by atoms with E-state index in [2.05, 4.69) is 22.1 Å². The highest BCUT2D eigenvalue weighted by Gasteiger charge is 2.16. The number of benzene rings is 2. The van der Waals surface area contributed by atoms with Crippen molar-refractivity contribution in [2.24, 2.45) is 24.3 Å². The molecule has 0 saturated carbocycles. The topological polar surface area (TPSA) is 77.2 Å². The first-order valence-electron chi connectivity index (χ1n) is 9.62. The summed E-state index contributed by atoms with van der Waals surface area (Å²) in [5.41, 5.74) is 4.46. The fourth-order valence-electron chi connectivity index (χ4n) is 3.36. The lowest BCUT2D eigenvalue weighted by atomic mass is 10.2. The number of nitrogens with zero attached hydrogens (tertiary/aromatic N) is 5. The van der Waals surface area contributed by atoms with Crippen LogP contribution < -0.4 is 9.47 Å². The van der Waals surface area contributed by atoms with Gasteiger partial charge in [-0.1, -0.05) is 11.6 Å². The average molecular weight is 417 g/mol. The standard InChI is InChI=1S/C21H27ClN5O2/c1-4-27(10-9-18(29)13-28)17-7-5-16(6-8-17)23-24-19-11-15(22)12-20-21(19)26(3)14-25(20)2/h5-8,11-12,14,18,28-29H,4,9-10,13H2,1-3H3/q+1. The third-order valence-electron chi connectivity index (χ3n) is 4.93. The number of azo groups is 1. The zero-order valence-electron chi connectivity index (χ0n) is 17.0. The van der Waals surface area contributed by atoms with E-state index in [1.807, 2.05) is 66.0 Å². The van der Waals surface area contributed by atoms with Crippen LogP contribution >= 0.6 is 11.6 Å². The van der Waals surface area contributed by atoms with Crippen molar-refractivity contribution in [2.75, 3.05) is 24.6 Å². The Kier molecular flexibility index (Phi) is 6.84. The van der Waals surface area contributed by atoms with Crippen molar-refractivity contribution in [3.05, 3.63) is 47.7 Å². The molecule has 8 heteroatoms. The second-order valence-corrected chi connectivity index (χ2v) is 7.49. The maximum Gasteiger partial charge on any atom is 0.244 e. The Morgan fingerprint density at radius 3 is 2.59 bits per heavy atom. The van der Waals surface area contributed by atoms with E-state index < -0.39 is 6.10 Å². The molecule has 1 heterocycles. The van der Waals surface area contributed by atoms with Gasteiger partial charge in [0.25, 0.3) is 0 Å². The van der Waals surface area contributed by atoms with Crippen molar-refractivity contribution < 1.29 is 14.8 Å². The van der Waals surface area contributed by atoms with E-state index in [1.165, 1.54) is 0 Å². The van der Waals surface area contributed by atoms with E-state index in [9.17, 15) is 5.11 Å². The summed E-state index contributed by atoms with van der Waals surface area (Å²) in [7, 11) is 3.94. The van der Waals surface area contributed by atoms with Gasteiger partial charge in [-0.15, -0.1) is 5.11 Å². The van der Waals surface area contributed by atoms with Crippen LogP contribution in [0.3, 0.4) is 0 Å². The number of aliphatic hydroxyl groups excluding tert-OH is 2. The van der Waals surface area contributed by atoms with Crippen molar-refractivity contribution in [3.63, 3.8) is 0 Å². The van der Waals surface area contributed by atoms with Crippen molar-refractivity contribution in [2.45, 2.75) is 19.4 Å².